The maximum absolute atomic E-state index is 8.76. The van der Waals surface area contributed by atoms with Crippen molar-refractivity contribution in [3.8, 4) is 0 Å². The first-order chi connectivity index (χ1) is 4.85. The summed E-state index contributed by atoms with van der Waals surface area (Å²) < 4.78 is 0. The van der Waals surface area contributed by atoms with Crippen molar-refractivity contribution >= 4 is 0 Å². The summed E-state index contributed by atoms with van der Waals surface area (Å²) in [6, 6.07) is 0. The molecule has 0 aromatic rings. The van der Waals surface area contributed by atoms with Crippen molar-refractivity contribution in [2.75, 3.05) is 19.7 Å². The molecule has 60 valence electrons. The molecule has 10 heavy (non-hydrogen) atoms. The minimum Gasteiger partial charge on any atom is -0.396 e. The van der Waals surface area contributed by atoms with E-state index in [2.05, 4.69) is 18.8 Å². The molecule has 0 fully saturated rings. The fourth-order valence-electron chi connectivity index (χ4n) is 0.728. The Labute approximate surface area is 62.9 Å². The molecule has 0 aromatic carbocycles. The van der Waals surface area contributed by atoms with E-state index < -0.39 is 0 Å². The van der Waals surface area contributed by atoms with Crippen LogP contribution in [0.3, 0.4) is 0 Å². The average Bonchev–Trinajstić information content (AvgIpc) is 1.99. The van der Waals surface area contributed by atoms with E-state index in [-0.39, 0.29) is 6.61 Å². The lowest BCUT2D eigenvalue weighted by Crippen LogP contribution is -2.24. The van der Waals surface area contributed by atoms with Crippen molar-refractivity contribution in [1.29, 1.82) is 0 Å². The van der Waals surface area contributed by atoms with Crippen LogP contribution in [0, 0.1) is 5.92 Å². The molecule has 0 aliphatic rings. The number of hydrogen-bond donors (Lipinski definition) is 2. The van der Waals surface area contributed by atoms with Gasteiger partial charge >= 0.3 is 0 Å². The Balaban J connectivity index is 3.16. The molecule has 0 aliphatic carbocycles. The van der Waals surface area contributed by atoms with E-state index in [1.807, 2.05) is 6.08 Å². The summed E-state index contributed by atoms with van der Waals surface area (Å²) >= 11 is 0. The Morgan fingerprint density at radius 3 is 2.80 bits per heavy atom. The van der Waals surface area contributed by atoms with Gasteiger partial charge in [-0.15, -0.1) is 6.58 Å². The predicted molar refractivity (Wildman–Crippen MR) is 43.9 cm³/mol. The zero-order valence-electron chi connectivity index (χ0n) is 6.64. The maximum atomic E-state index is 8.76. The van der Waals surface area contributed by atoms with Crippen LogP contribution in [0.5, 0.6) is 0 Å². The van der Waals surface area contributed by atoms with Gasteiger partial charge in [0.15, 0.2) is 0 Å². The van der Waals surface area contributed by atoms with Crippen LogP contribution in [0.4, 0.5) is 0 Å². The zero-order chi connectivity index (χ0) is 7.82. The molecule has 0 spiro atoms. The molecule has 1 atom stereocenters. The van der Waals surface area contributed by atoms with Gasteiger partial charge in [-0.1, -0.05) is 13.0 Å². The molecule has 0 aliphatic heterocycles. The minimum atomic E-state index is 0.278. The Hall–Kier alpha value is -0.340. The van der Waals surface area contributed by atoms with E-state index in [1.54, 1.807) is 0 Å². The third-order valence-corrected chi connectivity index (χ3v) is 1.56. The van der Waals surface area contributed by atoms with Crippen molar-refractivity contribution < 1.29 is 5.11 Å². The smallest absolute Gasteiger partial charge is 0.0471 e. The third kappa shape index (κ3) is 4.53. The van der Waals surface area contributed by atoms with E-state index in [4.69, 9.17) is 5.11 Å². The summed E-state index contributed by atoms with van der Waals surface area (Å²) in [4.78, 5) is 0. The molecule has 0 rings (SSSR count). The maximum Gasteiger partial charge on any atom is 0.0471 e. The van der Waals surface area contributed by atoms with Gasteiger partial charge in [-0.2, -0.15) is 0 Å². The number of aliphatic hydroxyl groups excluding tert-OH is 1. The lowest BCUT2D eigenvalue weighted by molar-refractivity contribution is 0.220. The number of nitrogens with one attached hydrogen (secondary N) is 1. The summed E-state index contributed by atoms with van der Waals surface area (Å²) in [6.45, 7) is 7.66. The van der Waals surface area contributed by atoms with Crippen molar-refractivity contribution in [3.63, 3.8) is 0 Å². The summed E-state index contributed by atoms with van der Waals surface area (Å²) in [7, 11) is 0. The Kier molecular flexibility index (Phi) is 6.55. The molecule has 2 heteroatoms. The summed E-state index contributed by atoms with van der Waals surface area (Å²) in [5, 5.41) is 11.9. The highest BCUT2D eigenvalue weighted by molar-refractivity contribution is 4.70. The van der Waals surface area contributed by atoms with E-state index >= 15 is 0 Å². The summed E-state index contributed by atoms with van der Waals surface area (Å²) in [5.41, 5.74) is 0. The second-order valence-electron chi connectivity index (χ2n) is 2.40. The van der Waals surface area contributed by atoms with E-state index in [0.29, 0.717) is 5.92 Å². The first-order valence-electron chi connectivity index (χ1n) is 3.77. The molecule has 0 heterocycles. The first kappa shape index (κ1) is 9.66. The summed E-state index contributed by atoms with van der Waals surface area (Å²) in [5.74, 6) is 0.403. The van der Waals surface area contributed by atoms with Crippen LogP contribution >= 0.6 is 0 Å². The molecule has 0 radical (unpaired) electrons. The number of hydrogen-bond acceptors (Lipinski definition) is 2. The molecule has 2 N–H and O–H groups in total. The topological polar surface area (TPSA) is 32.3 Å². The Morgan fingerprint density at radius 2 is 2.40 bits per heavy atom. The molecule has 0 aromatic heterocycles. The molecule has 0 bridgehead atoms. The molecule has 0 amide bonds. The van der Waals surface area contributed by atoms with Crippen molar-refractivity contribution in [2.45, 2.75) is 13.3 Å². The summed E-state index contributed by atoms with van der Waals surface area (Å²) in [6.07, 6.45) is 2.85. The Morgan fingerprint density at radius 1 is 1.70 bits per heavy atom. The normalized spacial score (nSPS) is 13.0. The fraction of sp³-hybridized carbons (Fsp3) is 0.750. The van der Waals surface area contributed by atoms with Gasteiger partial charge in [-0.25, -0.2) is 0 Å². The van der Waals surface area contributed by atoms with Crippen LogP contribution in [0.25, 0.3) is 0 Å². The van der Waals surface area contributed by atoms with Gasteiger partial charge in [0.2, 0.25) is 0 Å². The van der Waals surface area contributed by atoms with Crippen LogP contribution < -0.4 is 5.32 Å². The zero-order valence-corrected chi connectivity index (χ0v) is 6.64. The molecular formula is C8H17NO. The highest BCUT2D eigenvalue weighted by atomic mass is 16.3. The van der Waals surface area contributed by atoms with E-state index in [1.165, 1.54) is 0 Å². The van der Waals surface area contributed by atoms with Crippen LogP contribution in [0.2, 0.25) is 0 Å². The number of aliphatic hydroxyl groups is 1. The van der Waals surface area contributed by atoms with Crippen LogP contribution in [0.1, 0.15) is 13.3 Å². The molecule has 1 unspecified atom stereocenters. The van der Waals surface area contributed by atoms with Gasteiger partial charge in [-0.3, -0.25) is 0 Å². The average molecular weight is 143 g/mol. The second kappa shape index (κ2) is 6.78. The quantitative estimate of drug-likeness (QED) is 0.425. The molecule has 2 nitrogen and oxygen atoms in total. The van der Waals surface area contributed by atoms with Crippen LogP contribution in [0.15, 0.2) is 12.7 Å². The highest BCUT2D eigenvalue weighted by Crippen LogP contribution is 1.97. The Bertz CT molecular complexity index is 79.3. The van der Waals surface area contributed by atoms with Gasteiger partial charge in [0.25, 0.3) is 0 Å². The standard InChI is InChI=1S/C8H17NO/c1-3-5-9-6-8(4-2)7-10/h3,8-10H,1,4-7H2,2H3. The van der Waals surface area contributed by atoms with Crippen LogP contribution in [-0.4, -0.2) is 24.8 Å². The van der Waals surface area contributed by atoms with Crippen molar-refractivity contribution in [1.82, 2.24) is 5.32 Å². The highest BCUT2D eigenvalue weighted by Gasteiger charge is 2.01. The lowest BCUT2D eigenvalue weighted by Gasteiger charge is -2.10. The largest absolute Gasteiger partial charge is 0.396 e. The van der Waals surface area contributed by atoms with Crippen molar-refractivity contribution in [3.05, 3.63) is 12.7 Å². The van der Waals surface area contributed by atoms with Crippen LogP contribution in [-0.2, 0) is 0 Å². The predicted octanol–water partition coefficient (Wildman–Crippen LogP) is 0.780. The molecular weight excluding hydrogens is 126 g/mol. The van der Waals surface area contributed by atoms with Gasteiger partial charge in [-0.05, 0) is 12.3 Å². The monoisotopic (exact) mass is 143 g/mol. The van der Waals surface area contributed by atoms with Gasteiger partial charge < -0.3 is 10.4 Å². The molecule has 0 saturated carbocycles. The van der Waals surface area contributed by atoms with Crippen molar-refractivity contribution in [2.24, 2.45) is 5.92 Å². The SMILES string of the molecule is C=CCNCC(CC)CO. The first-order valence-corrected chi connectivity index (χ1v) is 3.77. The lowest BCUT2D eigenvalue weighted by atomic mass is 10.1. The minimum absolute atomic E-state index is 0.278. The van der Waals surface area contributed by atoms with E-state index in [9.17, 15) is 0 Å². The fourth-order valence-corrected chi connectivity index (χ4v) is 0.728. The third-order valence-electron chi connectivity index (χ3n) is 1.56. The number of rotatable bonds is 6. The van der Waals surface area contributed by atoms with E-state index in [0.717, 1.165) is 19.5 Å². The second-order valence-corrected chi connectivity index (χ2v) is 2.40. The van der Waals surface area contributed by atoms with Gasteiger partial charge in [0, 0.05) is 19.7 Å². The van der Waals surface area contributed by atoms with Gasteiger partial charge in [0.1, 0.15) is 0 Å². The van der Waals surface area contributed by atoms with Gasteiger partial charge in [0.05, 0.1) is 0 Å². The molecule has 0 saturated heterocycles.